The second-order valence-corrected chi connectivity index (χ2v) is 7.99. The minimum Gasteiger partial charge on any atom is -0.467 e. The zero-order chi connectivity index (χ0) is 24.2. The minimum absolute atomic E-state index is 0.0721. The molecule has 0 aliphatic carbocycles. The van der Waals surface area contributed by atoms with Crippen LogP contribution in [0.15, 0.2) is 54.6 Å². The van der Waals surface area contributed by atoms with Crippen molar-refractivity contribution in [2.24, 2.45) is 5.92 Å². The molecule has 8 nitrogen and oxygen atoms in total. The van der Waals surface area contributed by atoms with E-state index in [1.54, 1.807) is 24.3 Å². The summed E-state index contributed by atoms with van der Waals surface area (Å²) in [5, 5.41) is 14.4. The molecular formula is C25H29N3O5. The van der Waals surface area contributed by atoms with Crippen molar-refractivity contribution in [2.75, 3.05) is 7.11 Å². The van der Waals surface area contributed by atoms with E-state index < -0.39 is 30.1 Å². The third kappa shape index (κ3) is 8.65. The standard InChI is InChI=1S/C25H29N3O5/c1-17(2)12-21(28-25(31)33-16-18-8-5-4-6-9-18)23(29)27-22(24(30)32-3)14-19-10-7-11-20(13-19)15-26/h4-11,13,17,21-22H,12,14,16H2,1-3H3,(H,27,29)(H,28,31)/t21-,22-/m0/s1. The third-order valence-electron chi connectivity index (χ3n) is 4.83. The molecule has 2 aromatic carbocycles. The summed E-state index contributed by atoms with van der Waals surface area (Å²) in [6.45, 7) is 3.91. The molecule has 2 rings (SSSR count). The minimum atomic E-state index is -0.978. The van der Waals surface area contributed by atoms with Crippen LogP contribution in [-0.4, -0.2) is 37.2 Å². The molecule has 0 saturated heterocycles. The first-order valence-electron chi connectivity index (χ1n) is 10.7. The number of ether oxygens (including phenoxy) is 2. The van der Waals surface area contributed by atoms with E-state index in [-0.39, 0.29) is 18.9 Å². The predicted octanol–water partition coefficient (Wildman–Crippen LogP) is 3.10. The SMILES string of the molecule is COC(=O)[C@H](Cc1cccc(C#N)c1)NC(=O)[C@H](CC(C)C)NC(=O)OCc1ccccc1. The fourth-order valence-electron chi connectivity index (χ4n) is 3.22. The maximum absolute atomic E-state index is 13.0. The van der Waals surface area contributed by atoms with Gasteiger partial charge in [0.1, 0.15) is 18.7 Å². The Labute approximate surface area is 193 Å². The number of nitriles is 1. The Balaban J connectivity index is 2.06. The van der Waals surface area contributed by atoms with E-state index in [0.29, 0.717) is 17.5 Å². The summed E-state index contributed by atoms with van der Waals surface area (Å²) in [4.78, 5) is 37.6. The number of benzene rings is 2. The summed E-state index contributed by atoms with van der Waals surface area (Å²) in [5.41, 5.74) is 1.96. The fraction of sp³-hybridized carbons (Fsp3) is 0.360. The van der Waals surface area contributed by atoms with Gasteiger partial charge < -0.3 is 20.1 Å². The van der Waals surface area contributed by atoms with Gasteiger partial charge in [-0.25, -0.2) is 9.59 Å². The molecule has 2 atom stereocenters. The highest BCUT2D eigenvalue weighted by Gasteiger charge is 2.28. The molecule has 174 valence electrons. The van der Waals surface area contributed by atoms with E-state index in [9.17, 15) is 14.4 Å². The van der Waals surface area contributed by atoms with E-state index in [4.69, 9.17) is 14.7 Å². The maximum atomic E-state index is 13.0. The van der Waals surface area contributed by atoms with Gasteiger partial charge in [-0.05, 0) is 35.6 Å². The first kappa shape index (κ1) is 25.4. The summed E-state index contributed by atoms with van der Waals surface area (Å²) < 4.78 is 10.1. The second kappa shape index (κ2) is 12.9. The van der Waals surface area contributed by atoms with Crippen molar-refractivity contribution in [1.29, 1.82) is 5.26 Å². The largest absolute Gasteiger partial charge is 0.467 e. The smallest absolute Gasteiger partial charge is 0.408 e. The van der Waals surface area contributed by atoms with Gasteiger partial charge in [0.25, 0.3) is 0 Å². The van der Waals surface area contributed by atoms with E-state index in [2.05, 4.69) is 10.6 Å². The summed E-state index contributed by atoms with van der Waals surface area (Å²) in [6, 6.07) is 16.1. The molecule has 0 unspecified atom stereocenters. The van der Waals surface area contributed by atoms with Gasteiger partial charge in [-0.2, -0.15) is 5.26 Å². The highest BCUT2D eigenvalue weighted by Crippen LogP contribution is 2.11. The lowest BCUT2D eigenvalue weighted by Crippen LogP contribution is -2.53. The van der Waals surface area contributed by atoms with Gasteiger partial charge in [-0.3, -0.25) is 4.79 Å². The van der Waals surface area contributed by atoms with E-state index in [1.807, 2.05) is 50.2 Å². The molecule has 0 saturated carbocycles. The number of hydrogen-bond donors (Lipinski definition) is 2. The molecule has 0 aliphatic heterocycles. The average molecular weight is 452 g/mol. The van der Waals surface area contributed by atoms with Crippen LogP contribution in [0.25, 0.3) is 0 Å². The van der Waals surface area contributed by atoms with Crippen molar-refractivity contribution in [1.82, 2.24) is 10.6 Å². The van der Waals surface area contributed by atoms with Crippen LogP contribution >= 0.6 is 0 Å². The molecule has 0 bridgehead atoms. The highest BCUT2D eigenvalue weighted by molar-refractivity contribution is 5.89. The molecule has 33 heavy (non-hydrogen) atoms. The van der Waals surface area contributed by atoms with Crippen molar-refractivity contribution in [3.63, 3.8) is 0 Å². The number of carbonyl (C=O) groups is 3. The Morgan fingerprint density at radius 2 is 1.67 bits per heavy atom. The second-order valence-electron chi connectivity index (χ2n) is 7.99. The summed E-state index contributed by atoms with van der Waals surface area (Å²) >= 11 is 0. The van der Waals surface area contributed by atoms with Crippen molar-refractivity contribution >= 4 is 18.0 Å². The van der Waals surface area contributed by atoms with Gasteiger partial charge in [0.15, 0.2) is 0 Å². The fourth-order valence-corrected chi connectivity index (χ4v) is 3.22. The third-order valence-corrected chi connectivity index (χ3v) is 4.83. The quantitative estimate of drug-likeness (QED) is 0.536. The Morgan fingerprint density at radius 3 is 2.30 bits per heavy atom. The van der Waals surface area contributed by atoms with E-state index in [1.165, 1.54) is 7.11 Å². The molecule has 8 heteroatoms. The first-order valence-corrected chi connectivity index (χ1v) is 10.7. The normalized spacial score (nSPS) is 12.2. The monoisotopic (exact) mass is 451 g/mol. The first-order chi connectivity index (χ1) is 15.8. The Bertz CT molecular complexity index is 985. The zero-order valence-electron chi connectivity index (χ0n) is 19.0. The van der Waals surface area contributed by atoms with Gasteiger partial charge in [-0.15, -0.1) is 0 Å². The van der Waals surface area contributed by atoms with Crippen molar-refractivity contribution in [3.8, 4) is 6.07 Å². The molecule has 0 radical (unpaired) electrons. The molecule has 0 aromatic heterocycles. The van der Waals surface area contributed by atoms with Gasteiger partial charge in [0.2, 0.25) is 5.91 Å². The van der Waals surface area contributed by atoms with Crippen LogP contribution in [0.1, 0.15) is 37.0 Å². The van der Waals surface area contributed by atoms with Crippen molar-refractivity contribution in [2.45, 2.75) is 45.4 Å². The zero-order valence-corrected chi connectivity index (χ0v) is 19.0. The molecule has 2 aromatic rings. The van der Waals surface area contributed by atoms with Gasteiger partial charge >= 0.3 is 12.1 Å². The lowest BCUT2D eigenvalue weighted by atomic mass is 10.0. The van der Waals surface area contributed by atoms with Crippen LogP contribution in [0.5, 0.6) is 0 Å². The molecule has 0 heterocycles. The lowest BCUT2D eigenvalue weighted by molar-refractivity contribution is -0.145. The maximum Gasteiger partial charge on any atom is 0.408 e. The van der Waals surface area contributed by atoms with Gasteiger partial charge in [0, 0.05) is 6.42 Å². The number of rotatable bonds is 10. The van der Waals surface area contributed by atoms with Crippen LogP contribution in [0, 0.1) is 17.2 Å². The van der Waals surface area contributed by atoms with Gasteiger partial charge in [-0.1, -0.05) is 56.3 Å². The predicted molar refractivity (Wildman–Crippen MR) is 122 cm³/mol. The molecule has 0 aliphatic rings. The number of alkyl carbamates (subject to hydrolysis) is 1. The molecule has 0 spiro atoms. The number of esters is 1. The Kier molecular flexibility index (Phi) is 9.90. The highest BCUT2D eigenvalue weighted by atomic mass is 16.5. The number of nitrogens with one attached hydrogen (secondary N) is 2. The van der Waals surface area contributed by atoms with E-state index >= 15 is 0 Å². The topological polar surface area (TPSA) is 118 Å². The summed E-state index contributed by atoms with van der Waals surface area (Å²) in [7, 11) is 1.23. The van der Waals surface area contributed by atoms with Crippen LogP contribution in [-0.2, 0) is 32.1 Å². The average Bonchev–Trinajstić information content (AvgIpc) is 2.81. The Hall–Kier alpha value is -3.86. The van der Waals surface area contributed by atoms with Crippen LogP contribution in [0.4, 0.5) is 4.79 Å². The summed E-state index contributed by atoms with van der Waals surface area (Å²) in [6.07, 6.45) is -0.235. The van der Waals surface area contributed by atoms with Crippen molar-refractivity contribution < 1.29 is 23.9 Å². The molecular weight excluding hydrogens is 422 g/mol. The number of hydrogen-bond acceptors (Lipinski definition) is 6. The van der Waals surface area contributed by atoms with Crippen LogP contribution < -0.4 is 10.6 Å². The summed E-state index contributed by atoms with van der Waals surface area (Å²) in [5.74, 6) is -1.05. The molecule has 0 fully saturated rings. The lowest BCUT2D eigenvalue weighted by Gasteiger charge is -2.23. The van der Waals surface area contributed by atoms with Crippen LogP contribution in [0.2, 0.25) is 0 Å². The van der Waals surface area contributed by atoms with Crippen molar-refractivity contribution in [3.05, 3.63) is 71.3 Å². The van der Waals surface area contributed by atoms with Gasteiger partial charge in [0.05, 0.1) is 18.7 Å². The number of carbonyl (C=O) groups excluding carboxylic acids is 3. The number of methoxy groups -OCH3 is 1. The number of amides is 2. The number of nitrogens with zero attached hydrogens (tertiary/aromatic N) is 1. The molecule has 2 amide bonds. The van der Waals surface area contributed by atoms with E-state index in [0.717, 1.165) is 5.56 Å². The molecule has 2 N–H and O–H groups in total. The Morgan fingerprint density at radius 1 is 0.970 bits per heavy atom. The van der Waals surface area contributed by atoms with Crippen LogP contribution in [0.3, 0.4) is 0 Å².